The lowest BCUT2D eigenvalue weighted by Gasteiger charge is -2.10. The minimum absolute atomic E-state index is 0.0880. The summed E-state index contributed by atoms with van der Waals surface area (Å²) < 4.78 is 6.00. The summed E-state index contributed by atoms with van der Waals surface area (Å²) in [5.41, 5.74) is 5.30. The summed E-state index contributed by atoms with van der Waals surface area (Å²) in [5, 5.41) is 3.33. The van der Waals surface area contributed by atoms with Gasteiger partial charge in [0.15, 0.2) is 0 Å². The van der Waals surface area contributed by atoms with Gasteiger partial charge in [-0.3, -0.25) is 25.2 Å². The van der Waals surface area contributed by atoms with Crippen LogP contribution in [-0.4, -0.2) is 24.3 Å². The van der Waals surface area contributed by atoms with E-state index in [0.29, 0.717) is 38.1 Å². The molecule has 0 aliphatic heterocycles. The number of nitrogens with one attached hydrogen (secondary N) is 3. The molecule has 3 amide bonds. The number of hydrogen-bond donors (Lipinski definition) is 3. The van der Waals surface area contributed by atoms with E-state index in [0.717, 1.165) is 0 Å². The number of carbonyl (C=O) groups excluding carboxylic acids is 3. The van der Waals surface area contributed by atoms with Gasteiger partial charge < -0.3 is 10.1 Å². The Balaban J connectivity index is 1.78. The molecule has 0 aliphatic carbocycles. The Bertz CT molecular complexity index is 924. The van der Waals surface area contributed by atoms with E-state index in [1.807, 2.05) is 6.92 Å². The molecule has 0 aromatic heterocycles. The average Bonchev–Trinajstić information content (AvgIpc) is 2.68. The molecule has 0 unspecified atom stereocenters. The van der Waals surface area contributed by atoms with Gasteiger partial charge >= 0.3 is 0 Å². The SMILES string of the molecule is CCOc1ccc(C(=O)NNC(=O)CCC(=O)Nc2ccc(Cl)cc2Cl)cc1Br. The molecule has 0 atom stereocenters. The van der Waals surface area contributed by atoms with Crippen LogP contribution in [0.3, 0.4) is 0 Å². The molecule has 154 valence electrons. The smallest absolute Gasteiger partial charge is 0.269 e. The summed E-state index contributed by atoms with van der Waals surface area (Å²) in [6.45, 7) is 2.35. The van der Waals surface area contributed by atoms with E-state index in [9.17, 15) is 14.4 Å². The maximum Gasteiger partial charge on any atom is 0.269 e. The highest BCUT2D eigenvalue weighted by Crippen LogP contribution is 2.26. The predicted molar refractivity (Wildman–Crippen MR) is 115 cm³/mol. The lowest BCUT2D eigenvalue weighted by molar-refractivity contribution is -0.124. The van der Waals surface area contributed by atoms with Gasteiger partial charge in [-0.1, -0.05) is 23.2 Å². The lowest BCUT2D eigenvalue weighted by Crippen LogP contribution is -2.41. The second-order valence-electron chi connectivity index (χ2n) is 5.75. The Morgan fingerprint density at radius 3 is 2.38 bits per heavy atom. The summed E-state index contributed by atoms with van der Waals surface area (Å²) in [6, 6.07) is 9.45. The van der Waals surface area contributed by atoms with Gasteiger partial charge in [0.05, 0.1) is 21.8 Å². The number of halogens is 3. The summed E-state index contributed by atoms with van der Waals surface area (Å²) in [5.74, 6) is -0.800. The topological polar surface area (TPSA) is 96.5 Å². The van der Waals surface area contributed by atoms with E-state index < -0.39 is 17.7 Å². The van der Waals surface area contributed by atoms with Gasteiger partial charge in [-0.25, -0.2) is 0 Å². The Morgan fingerprint density at radius 1 is 1.00 bits per heavy atom. The lowest BCUT2D eigenvalue weighted by atomic mass is 10.2. The molecule has 2 aromatic carbocycles. The molecule has 2 rings (SSSR count). The third-order valence-electron chi connectivity index (χ3n) is 3.59. The van der Waals surface area contributed by atoms with Crippen molar-refractivity contribution in [2.75, 3.05) is 11.9 Å². The van der Waals surface area contributed by atoms with Crippen LogP contribution in [0, 0.1) is 0 Å². The fourth-order valence-corrected chi connectivity index (χ4v) is 3.16. The Labute approximate surface area is 186 Å². The highest BCUT2D eigenvalue weighted by Gasteiger charge is 2.12. The van der Waals surface area contributed by atoms with Gasteiger partial charge in [0, 0.05) is 23.4 Å². The van der Waals surface area contributed by atoms with E-state index in [2.05, 4.69) is 32.1 Å². The van der Waals surface area contributed by atoms with Crippen LogP contribution in [-0.2, 0) is 9.59 Å². The minimum atomic E-state index is -0.513. The van der Waals surface area contributed by atoms with Crippen LogP contribution in [0.15, 0.2) is 40.9 Å². The largest absolute Gasteiger partial charge is 0.493 e. The van der Waals surface area contributed by atoms with E-state index in [-0.39, 0.29) is 12.8 Å². The van der Waals surface area contributed by atoms with Crippen LogP contribution in [0.25, 0.3) is 0 Å². The quantitative estimate of drug-likeness (QED) is 0.491. The van der Waals surface area contributed by atoms with Gasteiger partial charge in [-0.15, -0.1) is 0 Å². The number of carbonyl (C=O) groups is 3. The number of hydrogen-bond acceptors (Lipinski definition) is 4. The maximum absolute atomic E-state index is 12.1. The first kappa shape index (κ1) is 23.0. The molecular formula is C19H18BrCl2N3O4. The number of rotatable bonds is 7. The van der Waals surface area contributed by atoms with Crippen molar-refractivity contribution in [3.05, 3.63) is 56.5 Å². The van der Waals surface area contributed by atoms with Gasteiger partial charge in [-0.2, -0.15) is 0 Å². The second-order valence-corrected chi connectivity index (χ2v) is 7.45. The van der Waals surface area contributed by atoms with Crippen LogP contribution in [0.2, 0.25) is 10.0 Å². The van der Waals surface area contributed by atoms with Crippen molar-refractivity contribution in [2.24, 2.45) is 0 Å². The maximum atomic E-state index is 12.1. The zero-order valence-electron chi connectivity index (χ0n) is 15.4. The van der Waals surface area contributed by atoms with Crippen LogP contribution < -0.4 is 20.9 Å². The molecule has 0 saturated heterocycles. The third-order valence-corrected chi connectivity index (χ3v) is 4.76. The standard InChI is InChI=1S/C19H18BrCl2N3O4/c1-2-29-16-6-3-11(9-13(16)20)19(28)25-24-18(27)8-7-17(26)23-15-5-4-12(21)10-14(15)22/h3-6,9-10H,2,7-8H2,1H3,(H,23,26)(H,24,27)(H,25,28). The van der Waals surface area contributed by atoms with Crippen molar-refractivity contribution in [1.29, 1.82) is 0 Å². The third kappa shape index (κ3) is 7.23. The van der Waals surface area contributed by atoms with Crippen LogP contribution in [0.1, 0.15) is 30.1 Å². The highest BCUT2D eigenvalue weighted by molar-refractivity contribution is 9.10. The van der Waals surface area contributed by atoms with Crippen molar-refractivity contribution in [1.82, 2.24) is 10.9 Å². The fraction of sp³-hybridized carbons (Fsp3) is 0.211. The number of anilines is 1. The zero-order valence-corrected chi connectivity index (χ0v) is 18.5. The molecule has 0 radical (unpaired) electrons. The monoisotopic (exact) mass is 501 g/mol. The van der Waals surface area contributed by atoms with Gasteiger partial charge in [0.1, 0.15) is 5.75 Å². The van der Waals surface area contributed by atoms with Crippen LogP contribution >= 0.6 is 39.1 Å². The molecule has 10 heteroatoms. The molecule has 0 heterocycles. The molecule has 0 aliphatic rings. The van der Waals surface area contributed by atoms with Crippen molar-refractivity contribution in [3.63, 3.8) is 0 Å². The minimum Gasteiger partial charge on any atom is -0.493 e. The molecule has 0 spiro atoms. The highest BCUT2D eigenvalue weighted by atomic mass is 79.9. The van der Waals surface area contributed by atoms with E-state index in [4.69, 9.17) is 27.9 Å². The molecule has 7 nitrogen and oxygen atoms in total. The van der Waals surface area contributed by atoms with E-state index >= 15 is 0 Å². The van der Waals surface area contributed by atoms with Gasteiger partial charge in [-0.05, 0) is 59.3 Å². The van der Waals surface area contributed by atoms with Crippen LogP contribution in [0.5, 0.6) is 5.75 Å². The predicted octanol–water partition coefficient (Wildman–Crippen LogP) is 4.33. The first-order chi connectivity index (χ1) is 13.8. The molecule has 0 bridgehead atoms. The number of hydrazine groups is 1. The first-order valence-electron chi connectivity index (χ1n) is 8.56. The molecule has 2 aromatic rings. The normalized spacial score (nSPS) is 10.2. The van der Waals surface area contributed by atoms with Crippen molar-refractivity contribution >= 4 is 62.5 Å². The molecular weight excluding hydrogens is 485 g/mol. The fourth-order valence-electron chi connectivity index (χ4n) is 2.21. The average molecular weight is 503 g/mol. The Morgan fingerprint density at radius 2 is 1.72 bits per heavy atom. The number of benzene rings is 2. The molecule has 3 N–H and O–H groups in total. The molecule has 29 heavy (non-hydrogen) atoms. The Kier molecular flexibility index (Phi) is 8.75. The molecule has 0 fully saturated rings. The summed E-state index contributed by atoms with van der Waals surface area (Å²) in [6.07, 6.45) is -0.209. The number of ether oxygens (including phenoxy) is 1. The molecule has 0 saturated carbocycles. The number of amides is 3. The van der Waals surface area contributed by atoms with E-state index in [1.165, 1.54) is 6.07 Å². The zero-order chi connectivity index (χ0) is 21.4. The van der Waals surface area contributed by atoms with Gasteiger partial charge in [0.2, 0.25) is 11.8 Å². The summed E-state index contributed by atoms with van der Waals surface area (Å²) >= 11 is 15.1. The van der Waals surface area contributed by atoms with Crippen molar-refractivity contribution in [2.45, 2.75) is 19.8 Å². The summed E-state index contributed by atoms with van der Waals surface area (Å²) in [7, 11) is 0. The van der Waals surface area contributed by atoms with E-state index in [1.54, 1.807) is 30.3 Å². The van der Waals surface area contributed by atoms with Gasteiger partial charge in [0.25, 0.3) is 5.91 Å². The summed E-state index contributed by atoms with van der Waals surface area (Å²) in [4.78, 5) is 35.9. The first-order valence-corrected chi connectivity index (χ1v) is 10.1. The van der Waals surface area contributed by atoms with Crippen molar-refractivity contribution < 1.29 is 19.1 Å². The Hall–Kier alpha value is -2.29. The van der Waals surface area contributed by atoms with Crippen LogP contribution in [0.4, 0.5) is 5.69 Å². The second kappa shape index (κ2) is 11.0. The van der Waals surface area contributed by atoms with Crippen molar-refractivity contribution in [3.8, 4) is 5.75 Å².